The zero-order valence-corrected chi connectivity index (χ0v) is 18.6. The number of aromatic amines is 1. The van der Waals surface area contributed by atoms with E-state index in [1.54, 1.807) is 0 Å². The van der Waals surface area contributed by atoms with Crippen LogP contribution < -0.4 is 5.43 Å². The highest BCUT2D eigenvalue weighted by Crippen LogP contribution is 2.30. The summed E-state index contributed by atoms with van der Waals surface area (Å²) in [7, 11) is 1.43. The Morgan fingerprint density at radius 1 is 1.12 bits per heavy atom. The summed E-state index contributed by atoms with van der Waals surface area (Å²) in [4.78, 5) is 12.5. The van der Waals surface area contributed by atoms with Gasteiger partial charge in [0.15, 0.2) is 0 Å². The first-order valence-corrected chi connectivity index (χ1v) is 10.9. The maximum atomic E-state index is 12.5. The predicted octanol–water partition coefficient (Wildman–Crippen LogP) is 3.51. The number of H-pyrrole nitrogens is 1. The third kappa shape index (κ3) is 4.40. The van der Waals surface area contributed by atoms with Gasteiger partial charge in [-0.3, -0.25) is 0 Å². The van der Waals surface area contributed by atoms with E-state index in [4.69, 9.17) is 4.74 Å². The molecule has 0 aliphatic carbocycles. The third-order valence-corrected chi connectivity index (χ3v) is 5.81. The molecule has 0 fully saturated rings. The summed E-state index contributed by atoms with van der Waals surface area (Å²) < 4.78 is 5.07. The van der Waals surface area contributed by atoms with Crippen LogP contribution in [0.3, 0.4) is 0 Å². The molecule has 1 atom stereocenters. The molecule has 166 valence electrons. The average Bonchev–Trinajstić information content (AvgIpc) is 3.46. The fourth-order valence-corrected chi connectivity index (χ4v) is 4.10. The van der Waals surface area contributed by atoms with Gasteiger partial charge in [0.05, 0.1) is 18.7 Å². The first-order chi connectivity index (χ1) is 15.6. The van der Waals surface area contributed by atoms with Gasteiger partial charge in [0.25, 0.3) is 0 Å². The first kappa shape index (κ1) is 21.7. The zero-order valence-electron chi connectivity index (χ0n) is 18.6. The van der Waals surface area contributed by atoms with Gasteiger partial charge >= 0.3 is 5.97 Å². The van der Waals surface area contributed by atoms with E-state index in [1.165, 1.54) is 7.11 Å². The van der Waals surface area contributed by atoms with Crippen LogP contribution in [0.4, 0.5) is 0 Å². The number of carbonyl (C=O) groups excluding carboxylic acids is 1. The number of allylic oxidation sites excluding steroid dienone is 1. The van der Waals surface area contributed by atoms with Gasteiger partial charge in [0, 0.05) is 17.8 Å². The smallest absolute Gasteiger partial charge is 0.337 e. The fraction of sp³-hybridized carbons (Fsp3) is 0.333. The molecule has 3 aromatic rings. The van der Waals surface area contributed by atoms with Crippen LogP contribution >= 0.6 is 0 Å². The molecule has 4 rings (SSSR count). The van der Waals surface area contributed by atoms with E-state index in [-0.39, 0.29) is 12.0 Å². The van der Waals surface area contributed by atoms with Crippen molar-refractivity contribution in [1.29, 1.82) is 0 Å². The summed E-state index contributed by atoms with van der Waals surface area (Å²) >= 11 is 0. The SMILES string of the molecule is CCCCN1NC(Cc2ccc(-c3ccccc3-c3nn[nH]n3)cc2)C(C(=O)OC)=C1C. The van der Waals surface area contributed by atoms with Gasteiger partial charge in [0.2, 0.25) is 5.82 Å². The Hall–Kier alpha value is -3.52. The Balaban J connectivity index is 1.55. The van der Waals surface area contributed by atoms with Crippen LogP contribution in [-0.2, 0) is 16.0 Å². The highest BCUT2D eigenvalue weighted by Gasteiger charge is 2.33. The Kier molecular flexibility index (Phi) is 6.61. The maximum absolute atomic E-state index is 12.5. The van der Waals surface area contributed by atoms with Gasteiger partial charge in [-0.1, -0.05) is 61.9 Å². The van der Waals surface area contributed by atoms with Crippen molar-refractivity contribution in [3.8, 4) is 22.5 Å². The summed E-state index contributed by atoms with van der Waals surface area (Å²) in [5.41, 5.74) is 9.30. The highest BCUT2D eigenvalue weighted by molar-refractivity contribution is 5.91. The maximum Gasteiger partial charge on any atom is 0.337 e. The molecule has 2 N–H and O–H groups in total. The van der Waals surface area contributed by atoms with E-state index in [1.807, 2.05) is 31.2 Å². The molecule has 8 nitrogen and oxygen atoms in total. The number of rotatable bonds is 8. The normalized spacial score (nSPS) is 16.0. The number of benzene rings is 2. The Morgan fingerprint density at radius 3 is 2.53 bits per heavy atom. The lowest BCUT2D eigenvalue weighted by atomic mass is 9.95. The van der Waals surface area contributed by atoms with Crippen LogP contribution in [-0.4, -0.2) is 51.3 Å². The van der Waals surface area contributed by atoms with Crippen LogP contribution in [0.15, 0.2) is 59.8 Å². The number of carbonyl (C=O) groups is 1. The molecule has 32 heavy (non-hydrogen) atoms. The fourth-order valence-electron chi connectivity index (χ4n) is 4.10. The van der Waals surface area contributed by atoms with Crippen molar-refractivity contribution in [2.45, 2.75) is 39.2 Å². The minimum absolute atomic E-state index is 0.114. The minimum atomic E-state index is -0.273. The molecule has 8 heteroatoms. The molecule has 2 aromatic carbocycles. The lowest BCUT2D eigenvalue weighted by Crippen LogP contribution is -2.39. The van der Waals surface area contributed by atoms with Crippen LogP contribution in [0.2, 0.25) is 0 Å². The van der Waals surface area contributed by atoms with E-state index in [2.05, 4.69) is 62.2 Å². The van der Waals surface area contributed by atoms with Crippen molar-refractivity contribution < 1.29 is 9.53 Å². The molecule has 0 spiro atoms. The lowest BCUT2D eigenvalue weighted by molar-refractivity contribution is -0.136. The van der Waals surface area contributed by atoms with Gasteiger partial charge in [-0.15, -0.1) is 10.2 Å². The van der Waals surface area contributed by atoms with Gasteiger partial charge < -0.3 is 9.75 Å². The summed E-state index contributed by atoms with van der Waals surface area (Å²) in [6, 6.07) is 16.3. The number of unbranched alkanes of at least 4 members (excludes halogenated alkanes) is 1. The Morgan fingerprint density at radius 2 is 1.88 bits per heavy atom. The standard InChI is InChI=1S/C24H28N6O2/c1-4-5-14-30-16(2)22(24(31)32-3)21(27-30)15-17-10-12-18(13-11-17)19-8-6-7-9-20(19)23-25-28-29-26-23/h6-13,21,27H,4-5,14-15H2,1-3H3,(H,25,26,28,29). The van der Waals surface area contributed by atoms with Crippen LogP contribution in [0.5, 0.6) is 0 Å². The third-order valence-electron chi connectivity index (χ3n) is 5.81. The van der Waals surface area contributed by atoms with Gasteiger partial charge in [-0.05, 0) is 41.7 Å². The molecule has 2 heterocycles. The number of hydrogen-bond donors (Lipinski definition) is 2. The number of methoxy groups -OCH3 is 1. The summed E-state index contributed by atoms with van der Waals surface area (Å²) in [5, 5.41) is 16.5. The molecule has 0 amide bonds. The molecule has 0 saturated heterocycles. The van der Waals surface area contributed by atoms with Gasteiger partial charge in [-0.25, -0.2) is 10.2 Å². The molecule has 0 bridgehead atoms. The average molecular weight is 433 g/mol. The van der Waals surface area contributed by atoms with Gasteiger partial charge in [-0.2, -0.15) is 5.21 Å². The van der Waals surface area contributed by atoms with E-state index >= 15 is 0 Å². The molecule has 0 saturated carbocycles. The number of nitrogens with one attached hydrogen (secondary N) is 2. The second-order valence-corrected chi connectivity index (χ2v) is 7.86. The van der Waals surface area contributed by atoms with Crippen molar-refractivity contribution in [1.82, 2.24) is 31.1 Å². The molecule has 1 aromatic heterocycles. The van der Waals surface area contributed by atoms with E-state index in [0.29, 0.717) is 17.8 Å². The molecule has 1 unspecified atom stereocenters. The highest BCUT2D eigenvalue weighted by atomic mass is 16.5. The van der Waals surface area contributed by atoms with Crippen molar-refractivity contribution >= 4 is 5.97 Å². The molecule has 1 aliphatic heterocycles. The van der Waals surface area contributed by atoms with E-state index in [0.717, 1.165) is 47.3 Å². The number of nitrogens with zero attached hydrogens (tertiary/aromatic N) is 4. The Bertz CT molecular complexity index is 1090. The first-order valence-electron chi connectivity index (χ1n) is 10.9. The van der Waals surface area contributed by atoms with Crippen molar-refractivity contribution in [2.75, 3.05) is 13.7 Å². The topological polar surface area (TPSA) is 96.0 Å². The molecule has 1 aliphatic rings. The molecular weight excluding hydrogens is 404 g/mol. The monoisotopic (exact) mass is 432 g/mol. The second-order valence-electron chi connectivity index (χ2n) is 7.86. The zero-order chi connectivity index (χ0) is 22.5. The second kappa shape index (κ2) is 9.74. The number of aromatic nitrogens is 4. The number of esters is 1. The lowest BCUT2D eigenvalue weighted by Gasteiger charge is -2.22. The van der Waals surface area contributed by atoms with E-state index < -0.39 is 0 Å². The summed E-state index contributed by atoms with van der Waals surface area (Å²) in [6.07, 6.45) is 2.84. The summed E-state index contributed by atoms with van der Waals surface area (Å²) in [5.74, 6) is 0.292. The molecular formula is C24H28N6O2. The predicted molar refractivity (Wildman–Crippen MR) is 122 cm³/mol. The number of ether oxygens (including phenoxy) is 1. The van der Waals surface area contributed by atoms with Crippen LogP contribution in [0.25, 0.3) is 22.5 Å². The minimum Gasteiger partial charge on any atom is -0.466 e. The van der Waals surface area contributed by atoms with Crippen molar-refractivity contribution in [3.05, 3.63) is 65.4 Å². The van der Waals surface area contributed by atoms with Gasteiger partial charge in [0.1, 0.15) is 0 Å². The van der Waals surface area contributed by atoms with Crippen molar-refractivity contribution in [2.24, 2.45) is 0 Å². The number of hydrazine groups is 1. The summed E-state index contributed by atoms with van der Waals surface area (Å²) in [6.45, 7) is 5.00. The van der Waals surface area contributed by atoms with Crippen LogP contribution in [0, 0.1) is 0 Å². The quantitative estimate of drug-likeness (QED) is 0.526. The Labute approximate surface area is 187 Å². The largest absolute Gasteiger partial charge is 0.466 e. The number of tetrazole rings is 1. The van der Waals surface area contributed by atoms with Crippen molar-refractivity contribution in [3.63, 3.8) is 0 Å². The number of hydrogen-bond acceptors (Lipinski definition) is 7. The molecule has 0 radical (unpaired) electrons. The van der Waals surface area contributed by atoms with E-state index in [9.17, 15) is 4.79 Å². The van der Waals surface area contributed by atoms with Crippen LogP contribution in [0.1, 0.15) is 32.3 Å².